The van der Waals surface area contributed by atoms with E-state index in [-0.39, 0.29) is 5.70 Å². The second kappa shape index (κ2) is 3.51. The van der Waals surface area contributed by atoms with Gasteiger partial charge in [-0.1, -0.05) is 11.6 Å². The summed E-state index contributed by atoms with van der Waals surface area (Å²) in [4.78, 5) is 18.0. The van der Waals surface area contributed by atoms with Gasteiger partial charge in [0, 0.05) is 0 Å². The average molecular weight is 192 g/mol. The van der Waals surface area contributed by atoms with Crippen molar-refractivity contribution in [3.05, 3.63) is 22.0 Å². The van der Waals surface area contributed by atoms with Gasteiger partial charge in [0.1, 0.15) is 12.4 Å². The van der Waals surface area contributed by atoms with Gasteiger partial charge in [0.2, 0.25) is 5.62 Å². The fraction of sp³-hybridized carbons (Fsp3) is 0.400. The molecule has 1 unspecified atom stereocenters. The summed E-state index contributed by atoms with van der Waals surface area (Å²) in [6.45, 7) is 0. The highest BCUT2D eigenvalue weighted by Crippen LogP contribution is 2.13. The molecule has 0 aromatic carbocycles. The highest BCUT2D eigenvalue weighted by Gasteiger charge is 2.21. The second-order valence-electron chi connectivity index (χ2n) is 1.94. The van der Waals surface area contributed by atoms with E-state index in [2.05, 4.69) is 4.99 Å². The van der Waals surface area contributed by atoms with E-state index in [9.17, 15) is 10.1 Å². The van der Waals surface area contributed by atoms with Crippen molar-refractivity contribution in [2.75, 3.05) is 7.11 Å². The molecule has 0 saturated carbocycles. The van der Waals surface area contributed by atoms with Crippen LogP contribution in [0.15, 0.2) is 16.9 Å². The Balaban J connectivity index is 2.80. The molecule has 0 saturated heterocycles. The van der Waals surface area contributed by atoms with Gasteiger partial charge in [-0.3, -0.25) is 15.0 Å². The molecule has 0 radical (unpaired) electrons. The number of rotatable bonds is 2. The lowest BCUT2D eigenvalue weighted by Crippen LogP contribution is -2.28. The number of alkyl halides is 1. The van der Waals surface area contributed by atoms with Gasteiger partial charge in [0.05, 0.1) is 12.0 Å². The third kappa shape index (κ3) is 1.72. The zero-order valence-electron chi connectivity index (χ0n) is 6.18. The van der Waals surface area contributed by atoms with Crippen LogP contribution < -0.4 is 0 Å². The van der Waals surface area contributed by atoms with Gasteiger partial charge in [-0.25, -0.2) is 10.1 Å². The fourth-order valence-electron chi connectivity index (χ4n) is 0.663. The molecule has 1 atom stereocenters. The first kappa shape index (κ1) is 8.95. The van der Waals surface area contributed by atoms with Crippen LogP contribution in [0.1, 0.15) is 0 Å². The normalized spacial score (nSPS) is 22.3. The minimum absolute atomic E-state index is 0.159. The molecule has 7 heteroatoms. The maximum atomic E-state index is 10.2. The standard InChI is InChI=1S/C5H6ClN3O3/c1-12-8-3-4(9(10)11)2-7-5(8)6/h2-3,5H,1H3. The van der Waals surface area contributed by atoms with Gasteiger partial charge >= 0.3 is 5.70 Å². The van der Waals surface area contributed by atoms with E-state index < -0.39 is 10.5 Å². The van der Waals surface area contributed by atoms with Crippen molar-refractivity contribution in [1.29, 1.82) is 0 Å². The van der Waals surface area contributed by atoms with Gasteiger partial charge in [0.15, 0.2) is 0 Å². The minimum Gasteiger partial charge on any atom is -0.274 e. The lowest BCUT2D eigenvalue weighted by atomic mass is 10.5. The number of hydrogen-bond acceptors (Lipinski definition) is 5. The van der Waals surface area contributed by atoms with Crippen LogP contribution in [0, 0.1) is 10.1 Å². The predicted octanol–water partition coefficient (Wildman–Crippen LogP) is 0.575. The Labute approximate surface area is 73.2 Å². The van der Waals surface area contributed by atoms with Gasteiger partial charge in [-0.2, -0.15) is 0 Å². The lowest BCUT2D eigenvalue weighted by Gasteiger charge is -2.20. The Bertz CT molecular complexity index is 252. The maximum Gasteiger partial charge on any atom is 0.305 e. The second-order valence-corrected chi connectivity index (χ2v) is 2.33. The molecule has 1 aliphatic heterocycles. The molecular formula is C5H6ClN3O3. The van der Waals surface area contributed by atoms with Crippen molar-refractivity contribution < 1.29 is 9.76 Å². The smallest absolute Gasteiger partial charge is 0.274 e. The largest absolute Gasteiger partial charge is 0.305 e. The zero-order valence-corrected chi connectivity index (χ0v) is 6.93. The summed E-state index contributed by atoms with van der Waals surface area (Å²) in [6.07, 6.45) is 2.26. The monoisotopic (exact) mass is 191 g/mol. The van der Waals surface area contributed by atoms with Gasteiger partial charge in [-0.05, 0) is 0 Å². The van der Waals surface area contributed by atoms with E-state index in [4.69, 9.17) is 16.4 Å². The van der Waals surface area contributed by atoms with Crippen molar-refractivity contribution in [2.45, 2.75) is 5.62 Å². The zero-order chi connectivity index (χ0) is 9.14. The quantitative estimate of drug-likeness (QED) is 0.277. The summed E-state index contributed by atoms with van der Waals surface area (Å²) in [7, 11) is 1.35. The number of halogens is 1. The first-order chi connectivity index (χ1) is 5.65. The number of aliphatic imine (C=N–C) groups is 1. The van der Waals surface area contributed by atoms with Crippen LogP contribution in [0.25, 0.3) is 0 Å². The van der Waals surface area contributed by atoms with Gasteiger partial charge in [0.25, 0.3) is 0 Å². The van der Waals surface area contributed by atoms with Crippen LogP contribution >= 0.6 is 11.6 Å². The number of hydrogen-bond donors (Lipinski definition) is 0. The first-order valence-electron chi connectivity index (χ1n) is 3.01. The van der Waals surface area contributed by atoms with E-state index in [0.717, 1.165) is 11.3 Å². The third-order valence-electron chi connectivity index (χ3n) is 1.22. The summed E-state index contributed by atoms with van der Waals surface area (Å²) < 4.78 is 0. The molecule has 1 heterocycles. The highest BCUT2D eigenvalue weighted by atomic mass is 35.5. The van der Waals surface area contributed by atoms with E-state index in [1.807, 2.05) is 0 Å². The van der Waals surface area contributed by atoms with Crippen molar-refractivity contribution in [3.63, 3.8) is 0 Å². The molecule has 0 aromatic rings. The van der Waals surface area contributed by atoms with Crippen molar-refractivity contribution in [2.24, 2.45) is 4.99 Å². The summed E-state index contributed by atoms with van der Waals surface area (Å²) in [6, 6.07) is 0. The molecule has 0 N–H and O–H groups in total. The molecular weight excluding hydrogens is 186 g/mol. The van der Waals surface area contributed by atoms with Crippen LogP contribution in [0.2, 0.25) is 0 Å². The van der Waals surface area contributed by atoms with Crippen LogP contribution in [-0.2, 0) is 4.84 Å². The summed E-state index contributed by atoms with van der Waals surface area (Å²) in [5.41, 5.74) is -0.896. The molecule has 6 nitrogen and oxygen atoms in total. The van der Waals surface area contributed by atoms with Crippen LogP contribution in [0.4, 0.5) is 0 Å². The predicted molar refractivity (Wildman–Crippen MR) is 42.1 cm³/mol. The summed E-state index contributed by atoms with van der Waals surface area (Å²) >= 11 is 5.59. The number of nitro groups is 1. The highest BCUT2D eigenvalue weighted by molar-refractivity contribution is 6.20. The van der Waals surface area contributed by atoms with E-state index in [1.54, 1.807) is 0 Å². The Morgan fingerprint density at radius 2 is 2.58 bits per heavy atom. The van der Waals surface area contributed by atoms with Crippen LogP contribution in [0.3, 0.4) is 0 Å². The Kier molecular flexibility index (Phi) is 2.61. The number of nitrogens with zero attached hydrogens (tertiary/aromatic N) is 3. The first-order valence-corrected chi connectivity index (χ1v) is 3.44. The van der Waals surface area contributed by atoms with Crippen molar-refractivity contribution in [3.8, 4) is 0 Å². The SMILES string of the molecule is CON1C=C([N+](=O)[O-])C=NC1Cl. The number of hydroxylamine groups is 2. The molecule has 0 amide bonds. The molecule has 0 aromatic heterocycles. The lowest BCUT2D eigenvalue weighted by molar-refractivity contribution is -0.416. The molecule has 0 bridgehead atoms. The molecule has 66 valence electrons. The van der Waals surface area contributed by atoms with Gasteiger partial charge in [-0.15, -0.1) is 0 Å². The molecule has 1 aliphatic rings. The van der Waals surface area contributed by atoms with Crippen LogP contribution in [0.5, 0.6) is 0 Å². The van der Waals surface area contributed by atoms with E-state index in [1.165, 1.54) is 13.3 Å². The minimum atomic E-state index is -0.737. The molecule has 12 heavy (non-hydrogen) atoms. The van der Waals surface area contributed by atoms with E-state index >= 15 is 0 Å². The van der Waals surface area contributed by atoms with Crippen LogP contribution in [-0.4, -0.2) is 28.9 Å². The van der Waals surface area contributed by atoms with E-state index in [0.29, 0.717) is 0 Å². The topological polar surface area (TPSA) is 68.0 Å². The van der Waals surface area contributed by atoms with Crippen molar-refractivity contribution in [1.82, 2.24) is 5.06 Å². The summed E-state index contributed by atoms with van der Waals surface area (Å²) in [5, 5.41) is 11.3. The third-order valence-corrected chi connectivity index (χ3v) is 1.53. The summed E-state index contributed by atoms with van der Waals surface area (Å²) in [5.74, 6) is 0. The molecule has 0 aliphatic carbocycles. The van der Waals surface area contributed by atoms with Gasteiger partial charge < -0.3 is 0 Å². The number of allylic oxidation sites excluding steroid dienone is 1. The Morgan fingerprint density at radius 1 is 1.92 bits per heavy atom. The molecule has 0 spiro atoms. The maximum absolute atomic E-state index is 10.2. The average Bonchev–Trinajstić information content (AvgIpc) is 2.05. The Hall–Kier alpha value is -1.14. The Morgan fingerprint density at radius 3 is 3.08 bits per heavy atom. The fourth-order valence-corrected chi connectivity index (χ4v) is 0.855. The molecule has 0 fully saturated rings. The molecule has 1 rings (SSSR count). The van der Waals surface area contributed by atoms with Crippen molar-refractivity contribution >= 4 is 17.8 Å².